The van der Waals surface area contributed by atoms with E-state index >= 15 is 0 Å². The van der Waals surface area contributed by atoms with Gasteiger partial charge in [-0.15, -0.1) is 11.7 Å². The van der Waals surface area contributed by atoms with Crippen LogP contribution in [0, 0.1) is 0 Å². The number of hydrogen-bond acceptors (Lipinski definition) is 5. The number of hydrogen-bond donors (Lipinski definition) is 2. The van der Waals surface area contributed by atoms with E-state index in [0.717, 1.165) is 5.69 Å². The summed E-state index contributed by atoms with van der Waals surface area (Å²) in [4.78, 5) is 17.4. The number of pyridine rings is 1. The van der Waals surface area contributed by atoms with Gasteiger partial charge in [0, 0.05) is 12.7 Å². The molecule has 0 spiro atoms. The van der Waals surface area contributed by atoms with Gasteiger partial charge >= 0.3 is 0 Å². The molecule has 0 aromatic carbocycles. The average Bonchev–Trinajstić information content (AvgIpc) is 2.85. The normalized spacial score (nSPS) is 16.1. The predicted octanol–water partition coefficient (Wildman–Crippen LogP) is 1.08. The van der Waals surface area contributed by atoms with E-state index in [9.17, 15) is 4.79 Å². The van der Waals surface area contributed by atoms with Crippen LogP contribution in [0.2, 0.25) is 0 Å². The molecule has 1 amide bonds. The Kier molecular flexibility index (Phi) is 5.70. The summed E-state index contributed by atoms with van der Waals surface area (Å²) in [5.41, 5.74) is 3.62. The topological polar surface area (TPSA) is 69.6 Å². The zero-order chi connectivity index (χ0) is 15.1. The van der Waals surface area contributed by atoms with Gasteiger partial charge in [0.1, 0.15) is 0 Å². The van der Waals surface area contributed by atoms with E-state index in [1.807, 2.05) is 18.2 Å². The number of amides is 1. The van der Waals surface area contributed by atoms with Gasteiger partial charge in [0.2, 0.25) is 5.91 Å². The SMILES string of the molecule is C=CCN1C(=O)CS/C1=N\NC(=S)NCc1ccccn1. The molecule has 1 saturated heterocycles. The summed E-state index contributed by atoms with van der Waals surface area (Å²) < 4.78 is 0. The molecule has 0 bridgehead atoms. The Morgan fingerprint density at radius 3 is 3.19 bits per heavy atom. The highest BCUT2D eigenvalue weighted by Gasteiger charge is 2.27. The van der Waals surface area contributed by atoms with Crippen molar-refractivity contribution in [2.75, 3.05) is 12.3 Å². The minimum Gasteiger partial charge on any atom is -0.356 e. The van der Waals surface area contributed by atoms with Crippen LogP contribution in [0.25, 0.3) is 0 Å². The largest absolute Gasteiger partial charge is 0.356 e. The smallest absolute Gasteiger partial charge is 0.239 e. The zero-order valence-electron chi connectivity index (χ0n) is 11.3. The van der Waals surface area contributed by atoms with Gasteiger partial charge in [-0.3, -0.25) is 20.1 Å². The molecule has 2 rings (SSSR count). The molecule has 110 valence electrons. The Hall–Kier alpha value is -1.93. The summed E-state index contributed by atoms with van der Waals surface area (Å²) in [5, 5.41) is 8.13. The number of carbonyl (C=O) groups is 1. The third-order valence-electron chi connectivity index (χ3n) is 2.58. The van der Waals surface area contributed by atoms with Crippen LogP contribution in [-0.2, 0) is 11.3 Å². The third-order valence-corrected chi connectivity index (χ3v) is 3.77. The molecule has 1 fully saturated rings. The average molecular weight is 321 g/mol. The molecule has 21 heavy (non-hydrogen) atoms. The number of carbonyl (C=O) groups excluding carboxylic acids is 1. The molecule has 0 unspecified atom stereocenters. The number of thiocarbonyl (C=S) groups is 1. The van der Waals surface area contributed by atoms with Crippen LogP contribution in [0.3, 0.4) is 0 Å². The van der Waals surface area contributed by atoms with Crippen molar-refractivity contribution in [2.45, 2.75) is 6.54 Å². The van der Waals surface area contributed by atoms with E-state index in [0.29, 0.717) is 29.1 Å². The summed E-state index contributed by atoms with van der Waals surface area (Å²) in [6, 6.07) is 5.67. The zero-order valence-corrected chi connectivity index (χ0v) is 12.9. The van der Waals surface area contributed by atoms with Gasteiger partial charge in [0.15, 0.2) is 10.3 Å². The van der Waals surface area contributed by atoms with E-state index in [4.69, 9.17) is 12.2 Å². The van der Waals surface area contributed by atoms with Crippen LogP contribution in [0.15, 0.2) is 42.2 Å². The summed E-state index contributed by atoms with van der Waals surface area (Å²) in [6.45, 7) is 4.59. The summed E-state index contributed by atoms with van der Waals surface area (Å²) >= 11 is 6.50. The van der Waals surface area contributed by atoms with Crippen molar-refractivity contribution in [3.8, 4) is 0 Å². The molecular formula is C13H15N5OS2. The third kappa shape index (κ3) is 4.54. The highest BCUT2D eigenvalue weighted by atomic mass is 32.2. The lowest BCUT2D eigenvalue weighted by atomic mass is 10.3. The van der Waals surface area contributed by atoms with Gasteiger partial charge in [-0.1, -0.05) is 23.9 Å². The summed E-state index contributed by atoms with van der Waals surface area (Å²) in [5.74, 6) is 0.412. The fourth-order valence-corrected chi connectivity index (χ4v) is 2.57. The number of hydrazone groups is 1. The fourth-order valence-electron chi connectivity index (χ4n) is 1.60. The number of nitrogens with zero attached hydrogens (tertiary/aromatic N) is 3. The maximum Gasteiger partial charge on any atom is 0.239 e. The van der Waals surface area contributed by atoms with Crippen molar-refractivity contribution in [2.24, 2.45) is 5.10 Å². The first-order chi connectivity index (χ1) is 10.2. The number of rotatable bonds is 5. The van der Waals surface area contributed by atoms with E-state index in [-0.39, 0.29) is 5.91 Å². The Balaban J connectivity index is 1.84. The maximum absolute atomic E-state index is 11.6. The molecule has 0 radical (unpaired) electrons. The standard InChI is InChI=1S/C13H15N5OS2/c1-2-7-18-11(19)9-21-13(18)17-16-12(20)15-8-10-5-3-4-6-14-10/h2-6H,1,7-9H2,(H2,15,16,20)/b17-13-. The van der Waals surface area contributed by atoms with Crippen molar-refractivity contribution in [1.82, 2.24) is 20.6 Å². The van der Waals surface area contributed by atoms with Crippen LogP contribution in [0.5, 0.6) is 0 Å². The minimum absolute atomic E-state index is 0.0211. The van der Waals surface area contributed by atoms with Gasteiger partial charge in [0.25, 0.3) is 0 Å². The van der Waals surface area contributed by atoms with Gasteiger partial charge in [-0.25, -0.2) is 0 Å². The molecule has 2 N–H and O–H groups in total. The maximum atomic E-state index is 11.6. The molecule has 1 aliphatic rings. The first kappa shape index (κ1) is 15.5. The second kappa shape index (κ2) is 7.75. The Morgan fingerprint density at radius 2 is 2.48 bits per heavy atom. The lowest BCUT2D eigenvalue weighted by Crippen LogP contribution is -2.35. The van der Waals surface area contributed by atoms with E-state index in [2.05, 4.69) is 27.4 Å². The Bertz CT molecular complexity index is 561. The van der Waals surface area contributed by atoms with Crippen LogP contribution < -0.4 is 10.7 Å². The second-order valence-corrected chi connectivity index (χ2v) is 5.44. The van der Waals surface area contributed by atoms with Gasteiger partial charge in [-0.05, 0) is 24.4 Å². The lowest BCUT2D eigenvalue weighted by molar-refractivity contribution is -0.123. The van der Waals surface area contributed by atoms with Crippen LogP contribution >= 0.6 is 24.0 Å². The number of nitrogens with one attached hydrogen (secondary N) is 2. The molecule has 1 aromatic heterocycles. The summed E-state index contributed by atoms with van der Waals surface area (Å²) in [6.07, 6.45) is 3.39. The van der Waals surface area contributed by atoms with E-state index < -0.39 is 0 Å². The van der Waals surface area contributed by atoms with Crippen molar-refractivity contribution in [1.29, 1.82) is 0 Å². The van der Waals surface area contributed by atoms with Gasteiger partial charge in [-0.2, -0.15) is 0 Å². The lowest BCUT2D eigenvalue weighted by Gasteiger charge is -2.13. The number of aromatic nitrogens is 1. The second-order valence-electron chi connectivity index (χ2n) is 4.09. The fraction of sp³-hybridized carbons (Fsp3) is 0.231. The molecule has 0 saturated carbocycles. The molecule has 1 aromatic rings. The molecule has 0 atom stereocenters. The first-order valence-electron chi connectivity index (χ1n) is 6.26. The van der Waals surface area contributed by atoms with Crippen molar-refractivity contribution in [3.63, 3.8) is 0 Å². The monoisotopic (exact) mass is 321 g/mol. The molecule has 2 heterocycles. The molecule has 8 heteroatoms. The first-order valence-corrected chi connectivity index (χ1v) is 7.65. The van der Waals surface area contributed by atoms with Gasteiger partial charge in [0.05, 0.1) is 18.0 Å². The highest BCUT2D eigenvalue weighted by molar-refractivity contribution is 8.15. The van der Waals surface area contributed by atoms with Crippen LogP contribution in [0.4, 0.5) is 0 Å². The summed E-state index contributed by atoms with van der Waals surface area (Å²) in [7, 11) is 0. The van der Waals surface area contributed by atoms with Crippen LogP contribution in [-0.4, -0.2) is 38.4 Å². The number of thioether (sulfide) groups is 1. The quantitative estimate of drug-likeness (QED) is 0.480. The Morgan fingerprint density at radius 1 is 1.62 bits per heavy atom. The Labute approximate surface area is 132 Å². The number of amidine groups is 1. The van der Waals surface area contributed by atoms with Crippen LogP contribution in [0.1, 0.15) is 5.69 Å². The van der Waals surface area contributed by atoms with Crippen molar-refractivity contribution < 1.29 is 4.79 Å². The molecule has 0 aliphatic carbocycles. The minimum atomic E-state index is 0.0211. The van der Waals surface area contributed by atoms with Crippen molar-refractivity contribution >= 4 is 40.2 Å². The molecule has 6 nitrogen and oxygen atoms in total. The highest BCUT2D eigenvalue weighted by Crippen LogP contribution is 2.18. The van der Waals surface area contributed by atoms with E-state index in [1.165, 1.54) is 11.8 Å². The van der Waals surface area contributed by atoms with E-state index in [1.54, 1.807) is 17.2 Å². The molecule has 1 aliphatic heterocycles. The van der Waals surface area contributed by atoms with Crippen molar-refractivity contribution in [3.05, 3.63) is 42.7 Å². The molecular weight excluding hydrogens is 306 g/mol. The van der Waals surface area contributed by atoms with Gasteiger partial charge < -0.3 is 5.32 Å². The predicted molar refractivity (Wildman–Crippen MR) is 88.6 cm³/mol.